The highest BCUT2D eigenvalue weighted by molar-refractivity contribution is 7.80. The number of aromatic amines is 1. The molecule has 0 saturated carbocycles. The van der Waals surface area contributed by atoms with Crippen LogP contribution in [0.2, 0.25) is 0 Å². The molecule has 0 spiro atoms. The Morgan fingerprint density at radius 3 is 2.72 bits per heavy atom. The van der Waals surface area contributed by atoms with E-state index in [2.05, 4.69) is 10.3 Å². The van der Waals surface area contributed by atoms with Crippen molar-refractivity contribution in [1.29, 1.82) is 0 Å². The van der Waals surface area contributed by atoms with Crippen LogP contribution in [0.3, 0.4) is 0 Å². The molecule has 1 aliphatic heterocycles. The van der Waals surface area contributed by atoms with Crippen molar-refractivity contribution in [3.63, 3.8) is 0 Å². The van der Waals surface area contributed by atoms with Crippen molar-refractivity contribution in [1.82, 2.24) is 4.98 Å². The molecule has 0 unspecified atom stereocenters. The lowest BCUT2D eigenvalue weighted by molar-refractivity contribution is 0.578. The summed E-state index contributed by atoms with van der Waals surface area (Å²) in [6, 6.07) is 6.89. The van der Waals surface area contributed by atoms with Crippen molar-refractivity contribution >= 4 is 33.7 Å². The van der Waals surface area contributed by atoms with E-state index < -0.39 is 17.2 Å². The molecular formula is C20H18F2N2S. The smallest absolute Gasteiger partial charge is 0.139 e. The summed E-state index contributed by atoms with van der Waals surface area (Å²) in [6.45, 7) is 5.81. The number of rotatable bonds is 1. The Morgan fingerprint density at radius 1 is 1.20 bits per heavy atom. The summed E-state index contributed by atoms with van der Waals surface area (Å²) in [5, 5.41) is 4.12. The molecule has 1 aromatic heterocycles. The number of para-hydroxylation sites is 1. The molecule has 2 N–H and O–H groups in total. The zero-order valence-electron chi connectivity index (χ0n) is 14.3. The fourth-order valence-corrected chi connectivity index (χ4v) is 3.68. The predicted molar refractivity (Wildman–Crippen MR) is 102 cm³/mol. The van der Waals surface area contributed by atoms with Gasteiger partial charge in [0.1, 0.15) is 11.6 Å². The minimum absolute atomic E-state index is 0.00416. The number of halogens is 2. The average Bonchev–Trinajstić information content (AvgIpc) is 2.92. The topological polar surface area (TPSA) is 27.8 Å². The summed E-state index contributed by atoms with van der Waals surface area (Å²) in [7, 11) is 0. The van der Waals surface area contributed by atoms with Gasteiger partial charge in [-0.15, -0.1) is 0 Å². The molecule has 0 amide bonds. The van der Waals surface area contributed by atoms with E-state index in [1.807, 2.05) is 39.1 Å². The number of nitrogens with one attached hydrogen (secondary N) is 2. The molecule has 5 heteroatoms. The molecule has 2 heterocycles. The van der Waals surface area contributed by atoms with Gasteiger partial charge in [0.05, 0.1) is 16.6 Å². The van der Waals surface area contributed by atoms with E-state index in [1.54, 1.807) is 6.07 Å². The van der Waals surface area contributed by atoms with E-state index in [0.717, 1.165) is 16.5 Å². The first-order chi connectivity index (χ1) is 11.8. The standard InChI is InChI=1S/C20H18F2N2S/c1-10-9-23-19-11(10)5-4-6-12(19)17-14(21)8-15-13(18(17)22)7-16(25)20(2,3)24-15/h4-6,8-9,23-24H,7H2,1-3H3. The minimum atomic E-state index is -0.577. The molecule has 0 fully saturated rings. The highest BCUT2D eigenvalue weighted by Gasteiger charge is 2.33. The summed E-state index contributed by atoms with van der Waals surface area (Å²) < 4.78 is 30.2. The molecule has 4 rings (SSSR count). The molecule has 0 bridgehead atoms. The van der Waals surface area contributed by atoms with Crippen LogP contribution in [0.1, 0.15) is 25.0 Å². The molecule has 1 aliphatic rings. The van der Waals surface area contributed by atoms with Crippen LogP contribution < -0.4 is 5.32 Å². The highest BCUT2D eigenvalue weighted by atomic mass is 32.1. The first kappa shape index (κ1) is 16.2. The Kier molecular flexibility index (Phi) is 3.48. The van der Waals surface area contributed by atoms with Gasteiger partial charge in [0.2, 0.25) is 0 Å². The van der Waals surface area contributed by atoms with Gasteiger partial charge in [0, 0.05) is 39.7 Å². The molecule has 0 radical (unpaired) electrons. The van der Waals surface area contributed by atoms with E-state index >= 15 is 4.39 Å². The van der Waals surface area contributed by atoms with Crippen LogP contribution in [-0.2, 0) is 6.42 Å². The zero-order valence-corrected chi connectivity index (χ0v) is 15.1. The van der Waals surface area contributed by atoms with Gasteiger partial charge >= 0.3 is 0 Å². The Balaban J connectivity index is 1.98. The number of aryl methyl sites for hydroxylation is 1. The van der Waals surface area contributed by atoms with E-state index in [1.165, 1.54) is 6.07 Å². The number of hydrogen-bond donors (Lipinski definition) is 2. The van der Waals surface area contributed by atoms with Gasteiger partial charge in [-0.05, 0) is 32.4 Å². The van der Waals surface area contributed by atoms with Crippen molar-refractivity contribution in [2.24, 2.45) is 0 Å². The Bertz CT molecular complexity index is 1030. The molecule has 25 heavy (non-hydrogen) atoms. The Morgan fingerprint density at radius 2 is 1.96 bits per heavy atom. The molecule has 2 nitrogen and oxygen atoms in total. The third-order valence-electron chi connectivity index (χ3n) is 4.99. The maximum absolute atomic E-state index is 15.3. The van der Waals surface area contributed by atoms with Gasteiger partial charge in [0.15, 0.2) is 0 Å². The van der Waals surface area contributed by atoms with E-state index in [-0.39, 0.29) is 5.56 Å². The summed E-state index contributed by atoms with van der Waals surface area (Å²) in [6.07, 6.45) is 2.17. The zero-order chi connectivity index (χ0) is 17.9. The number of H-pyrrole nitrogens is 1. The first-order valence-electron chi connectivity index (χ1n) is 8.19. The van der Waals surface area contributed by atoms with Crippen LogP contribution >= 0.6 is 12.2 Å². The summed E-state index contributed by atoms with van der Waals surface area (Å²) in [4.78, 5) is 3.85. The second kappa shape index (κ2) is 5.36. The molecule has 128 valence electrons. The van der Waals surface area contributed by atoms with Crippen LogP contribution in [0, 0.1) is 18.6 Å². The third kappa shape index (κ3) is 2.37. The number of fused-ring (bicyclic) bond motifs is 2. The van der Waals surface area contributed by atoms with Crippen molar-refractivity contribution in [2.45, 2.75) is 32.7 Å². The fourth-order valence-electron chi connectivity index (χ4n) is 3.48. The predicted octanol–water partition coefficient (Wildman–Crippen LogP) is 5.54. The van der Waals surface area contributed by atoms with Gasteiger partial charge in [-0.3, -0.25) is 0 Å². The largest absolute Gasteiger partial charge is 0.375 e. The number of anilines is 1. The van der Waals surface area contributed by atoms with Crippen LogP contribution in [0.15, 0.2) is 30.5 Å². The molecular weight excluding hydrogens is 338 g/mol. The number of hydrogen-bond acceptors (Lipinski definition) is 2. The van der Waals surface area contributed by atoms with Crippen LogP contribution in [-0.4, -0.2) is 15.4 Å². The van der Waals surface area contributed by atoms with E-state index in [9.17, 15) is 4.39 Å². The third-order valence-corrected chi connectivity index (χ3v) is 5.65. The maximum Gasteiger partial charge on any atom is 0.139 e. The second-order valence-electron chi connectivity index (χ2n) is 7.12. The Labute approximate surface area is 150 Å². The van der Waals surface area contributed by atoms with Gasteiger partial charge in [0.25, 0.3) is 0 Å². The number of benzene rings is 2. The molecule has 2 aromatic carbocycles. The van der Waals surface area contributed by atoms with Crippen LogP contribution in [0.4, 0.5) is 14.5 Å². The monoisotopic (exact) mass is 356 g/mol. The lowest BCUT2D eigenvalue weighted by Gasteiger charge is -2.35. The lowest BCUT2D eigenvalue weighted by Crippen LogP contribution is -2.44. The van der Waals surface area contributed by atoms with E-state index in [4.69, 9.17) is 12.2 Å². The minimum Gasteiger partial charge on any atom is -0.375 e. The molecule has 0 atom stereocenters. The van der Waals surface area contributed by atoms with Gasteiger partial charge < -0.3 is 10.3 Å². The van der Waals surface area contributed by atoms with Crippen LogP contribution in [0.25, 0.3) is 22.0 Å². The fraction of sp³-hybridized carbons (Fsp3) is 0.250. The SMILES string of the molecule is Cc1c[nH]c2c(-c3c(F)cc4c(c3F)CC(=S)C(C)(C)N4)cccc12. The van der Waals surface area contributed by atoms with Gasteiger partial charge in [-0.2, -0.15) is 0 Å². The normalized spacial score (nSPS) is 16.0. The quantitative estimate of drug-likeness (QED) is 0.561. The van der Waals surface area contributed by atoms with Gasteiger partial charge in [-0.1, -0.05) is 30.4 Å². The second-order valence-corrected chi connectivity index (χ2v) is 7.62. The lowest BCUT2D eigenvalue weighted by atomic mass is 9.86. The summed E-state index contributed by atoms with van der Waals surface area (Å²) >= 11 is 5.42. The van der Waals surface area contributed by atoms with Crippen molar-refractivity contribution < 1.29 is 8.78 Å². The van der Waals surface area contributed by atoms with Crippen molar-refractivity contribution in [3.05, 3.63) is 53.2 Å². The molecule has 0 saturated heterocycles. The van der Waals surface area contributed by atoms with Crippen molar-refractivity contribution in [3.8, 4) is 11.1 Å². The van der Waals surface area contributed by atoms with E-state index in [0.29, 0.717) is 28.1 Å². The summed E-state index contributed by atoms with van der Waals surface area (Å²) in [5.74, 6) is -1.12. The van der Waals surface area contributed by atoms with Crippen molar-refractivity contribution in [2.75, 3.05) is 5.32 Å². The number of aromatic nitrogens is 1. The average molecular weight is 356 g/mol. The molecule has 0 aliphatic carbocycles. The Hall–Kier alpha value is -2.27. The highest BCUT2D eigenvalue weighted by Crippen LogP contribution is 2.39. The molecule has 3 aromatic rings. The first-order valence-corrected chi connectivity index (χ1v) is 8.60. The van der Waals surface area contributed by atoms with Crippen LogP contribution in [0.5, 0.6) is 0 Å². The summed E-state index contributed by atoms with van der Waals surface area (Å²) in [5.41, 5.74) is 2.76. The maximum atomic E-state index is 15.3. The van der Waals surface area contributed by atoms with Gasteiger partial charge in [-0.25, -0.2) is 8.78 Å². The number of thiocarbonyl (C=S) groups is 1.